The standard InChI is InChI=1S/C25H23N3O4S2/c1-31-14-9-7-13(8-10-14)17-12-11-16-20(26)21(34-23(16)27-17)22(29)28-24-19(25(30)32-2)15-5-3-4-6-18(15)33-24/h7-12H,3-6,26H2,1-2H3,(H,28,29). The van der Waals surface area contributed by atoms with E-state index >= 15 is 0 Å². The number of ether oxygens (including phenoxy) is 2. The monoisotopic (exact) mass is 493 g/mol. The van der Waals surface area contributed by atoms with Crippen molar-refractivity contribution in [3.63, 3.8) is 0 Å². The Bertz CT molecular complexity index is 1410. The maximum absolute atomic E-state index is 13.2. The quantitative estimate of drug-likeness (QED) is 0.354. The number of hydrogen-bond donors (Lipinski definition) is 2. The molecule has 174 valence electrons. The van der Waals surface area contributed by atoms with Crippen LogP contribution >= 0.6 is 22.7 Å². The minimum atomic E-state index is -0.426. The largest absolute Gasteiger partial charge is 0.497 e. The molecule has 4 aromatic rings. The first-order valence-corrected chi connectivity index (χ1v) is 12.5. The summed E-state index contributed by atoms with van der Waals surface area (Å²) in [5, 5.41) is 4.18. The number of nitrogens with zero attached hydrogens (tertiary/aromatic N) is 1. The van der Waals surface area contributed by atoms with E-state index in [4.69, 9.17) is 20.2 Å². The van der Waals surface area contributed by atoms with Crippen LogP contribution in [-0.2, 0) is 17.6 Å². The molecule has 3 aromatic heterocycles. The second-order valence-electron chi connectivity index (χ2n) is 7.98. The highest BCUT2D eigenvalue weighted by atomic mass is 32.1. The van der Waals surface area contributed by atoms with Gasteiger partial charge in [-0.25, -0.2) is 9.78 Å². The van der Waals surface area contributed by atoms with Crippen LogP contribution in [0.4, 0.5) is 10.7 Å². The Morgan fingerprint density at radius 1 is 1.03 bits per heavy atom. The van der Waals surface area contributed by atoms with Gasteiger partial charge in [0.1, 0.15) is 20.5 Å². The fraction of sp³-hybridized carbons (Fsp3) is 0.240. The molecule has 9 heteroatoms. The number of pyridine rings is 1. The van der Waals surface area contributed by atoms with Gasteiger partial charge in [0, 0.05) is 15.8 Å². The van der Waals surface area contributed by atoms with E-state index in [1.165, 1.54) is 29.8 Å². The van der Waals surface area contributed by atoms with Crippen LogP contribution in [0, 0.1) is 0 Å². The van der Waals surface area contributed by atoms with Crippen molar-refractivity contribution in [2.75, 3.05) is 25.3 Å². The van der Waals surface area contributed by atoms with Gasteiger partial charge in [0.05, 0.1) is 31.2 Å². The molecule has 0 aliphatic heterocycles. The summed E-state index contributed by atoms with van der Waals surface area (Å²) in [7, 11) is 2.98. The first-order valence-electron chi connectivity index (χ1n) is 10.9. The molecule has 3 heterocycles. The Hall–Kier alpha value is -3.43. The number of hydrogen-bond acceptors (Lipinski definition) is 8. The molecule has 0 radical (unpaired) electrons. The molecule has 1 aliphatic carbocycles. The Kier molecular flexibility index (Phi) is 5.97. The van der Waals surface area contributed by atoms with Crippen LogP contribution in [0.15, 0.2) is 36.4 Å². The SMILES string of the molecule is COC(=O)c1c(NC(=O)c2sc3nc(-c4ccc(OC)cc4)ccc3c2N)sc2c1CCCC2. The third-order valence-electron chi connectivity index (χ3n) is 5.97. The molecular formula is C25H23N3O4S2. The number of rotatable bonds is 5. The third-order valence-corrected chi connectivity index (χ3v) is 8.29. The Balaban J connectivity index is 1.47. The highest BCUT2D eigenvalue weighted by Crippen LogP contribution is 2.40. The van der Waals surface area contributed by atoms with Crippen molar-refractivity contribution < 1.29 is 19.1 Å². The Morgan fingerprint density at radius 3 is 2.53 bits per heavy atom. The number of methoxy groups -OCH3 is 2. The van der Waals surface area contributed by atoms with E-state index in [1.807, 2.05) is 36.4 Å². The molecule has 1 amide bonds. The van der Waals surface area contributed by atoms with E-state index in [0.717, 1.165) is 58.5 Å². The van der Waals surface area contributed by atoms with Crippen LogP contribution in [0.2, 0.25) is 0 Å². The van der Waals surface area contributed by atoms with Crippen molar-refractivity contribution >= 4 is 55.5 Å². The molecule has 3 N–H and O–H groups in total. The van der Waals surface area contributed by atoms with Gasteiger partial charge < -0.3 is 20.5 Å². The molecule has 0 saturated carbocycles. The van der Waals surface area contributed by atoms with E-state index in [-0.39, 0.29) is 5.91 Å². The number of benzene rings is 1. The van der Waals surface area contributed by atoms with Crippen LogP contribution < -0.4 is 15.8 Å². The summed E-state index contributed by atoms with van der Waals surface area (Å²) < 4.78 is 10.2. The number of anilines is 2. The lowest BCUT2D eigenvalue weighted by Gasteiger charge is -2.11. The minimum Gasteiger partial charge on any atom is -0.497 e. The summed E-state index contributed by atoms with van der Waals surface area (Å²) in [5.41, 5.74) is 9.91. The van der Waals surface area contributed by atoms with Crippen molar-refractivity contribution in [2.45, 2.75) is 25.7 Å². The topological polar surface area (TPSA) is 104 Å². The fourth-order valence-electron chi connectivity index (χ4n) is 4.22. The van der Waals surface area contributed by atoms with Crippen molar-refractivity contribution in [1.82, 2.24) is 4.98 Å². The highest BCUT2D eigenvalue weighted by molar-refractivity contribution is 7.21. The van der Waals surface area contributed by atoms with E-state index in [9.17, 15) is 9.59 Å². The fourth-order valence-corrected chi connectivity index (χ4v) is 6.48. The van der Waals surface area contributed by atoms with E-state index < -0.39 is 5.97 Å². The van der Waals surface area contributed by atoms with Gasteiger partial charge in [-0.1, -0.05) is 0 Å². The van der Waals surface area contributed by atoms with Crippen LogP contribution in [0.3, 0.4) is 0 Å². The maximum Gasteiger partial charge on any atom is 0.341 e. The number of fused-ring (bicyclic) bond motifs is 2. The van der Waals surface area contributed by atoms with Gasteiger partial charge in [0.15, 0.2) is 0 Å². The molecule has 0 saturated heterocycles. The van der Waals surface area contributed by atoms with Gasteiger partial charge in [-0.15, -0.1) is 22.7 Å². The predicted molar refractivity (Wildman–Crippen MR) is 136 cm³/mol. The average molecular weight is 494 g/mol. The predicted octanol–water partition coefficient (Wildman–Crippen LogP) is 5.53. The van der Waals surface area contributed by atoms with Crippen molar-refractivity contribution in [1.29, 1.82) is 0 Å². The average Bonchev–Trinajstić information content (AvgIpc) is 3.40. The number of nitrogen functional groups attached to an aromatic ring is 1. The molecular weight excluding hydrogens is 470 g/mol. The summed E-state index contributed by atoms with van der Waals surface area (Å²) in [6.45, 7) is 0. The molecule has 0 fully saturated rings. The zero-order valence-corrected chi connectivity index (χ0v) is 20.4. The number of carbonyl (C=O) groups excluding carboxylic acids is 2. The zero-order valence-electron chi connectivity index (χ0n) is 18.8. The Labute approximate surface area is 204 Å². The molecule has 1 aliphatic rings. The lowest BCUT2D eigenvalue weighted by Crippen LogP contribution is -2.15. The van der Waals surface area contributed by atoms with E-state index in [2.05, 4.69) is 5.32 Å². The summed E-state index contributed by atoms with van der Waals surface area (Å²) >= 11 is 2.69. The number of amides is 1. The number of thiophene rings is 2. The van der Waals surface area contributed by atoms with Gasteiger partial charge in [0.2, 0.25) is 0 Å². The van der Waals surface area contributed by atoms with Gasteiger partial charge >= 0.3 is 5.97 Å². The van der Waals surface area contributed by atoms with Crippen LogP contribution in [-0.4, -0.2) is 31.1 Å². The van der Waals surface area contributed by atoms with Crippen molar-refractivity contribution in [3.05, 3.63) is 57.3 Å². The van der Waals surface area contributed by atoms with E-state index in [0.29, 0.717) is 26.0 Å². The van der Waals surface area contributed by atoms with Gasteiger partial charge in [0.25, 0.3) is 5.91 Å². The first-order chi connectivity index (χ1) is 16.5. The number of nitrogens with two attached hydrogens (primary N) is 1. The summed E-state index contributed by atoms with van der Waals surface area (Å²) in [6.07, 6.45) is 3.82. The molecule has 34 heavy (non-hydrogen) atoms. The van der Waals surface area contributed by atoms with Gasteiger partial charge in [-0.05, 0) is 67.6 Å². The highest BCUT2D eigenvalue weighted by Gasteiger charge is 2.28. The smallest absolute Gasteiger partial charge is 0.341 e. The number of nitrogens with one attached hydrogen (secondary N) is 1. The third kappa shape index (κ3) is 3.91. The summed E-state index contributed by atoms with van der Waals surface area (Å²) in [5.74, 6) is -0.00852. The molecule has 7 nitrogen and oxygen atoms in total. The van der Waals surface area contributed by atoms with E-state index in [1.54, 1.807) is 7.11 Å². The Morgan fingerprint density at radius 2 is 1.79 bits per heavy atom. The van der Waals surface area contributed by atoms with Crippen molar-refractivity contribution in [3.8, 4) is 17.0 Å². The molecule has 5 rings (SSSR count). The molecule has 1 aromatic carbocycles. The summed E-state index contributed by atoms with van der Waals surface area (Å²) in [4.78, 5) is 32.7. The van der Waals surface area contributed by atoms with Gasteiger partial charge in [-0.2, -0.15) is 0 Å². The summed E-state index contributed by atoms with van der Waals surface area (Å²) in [6, 6.07) is 11.4. The molecule has 0 unspecified atom stereocenters. The zero-order chi connectivity index (χ0) is 23.8. The molecule has 0 bridgehead atoms. The van der Waals surface area contributed by atoms with Crippen molar-refractivity contribution in [2.24, 2.45) is 0 Å². The number of aromatic nitrogens is 1. The lowest BCUT2D eigenvalue weighted by atomic mass is 9.95. The van der Waals surface area contributed by atoms with Crippen LogP contribution in [0.25, 0.3) is 21.5 Å². The first kappa shape index (κ1) is 22.4. The van der Waals surface area contributed by atoms with Crippen LogP contribution in [0.1, 0.15) is 43.3 Å². The maximum atomic E-state index is 13.2. The molecule has 0 atom stereocenters. The number of carbonyl (C=O) groups is 2. The van der Waals surface area contributed by atoms with Crippen LogP contribution in [0.5, 0.6) is 5.75 Å². The minimum absolute atomic E-state index is 0.352. The number of esters is 1. The lowest BCUT2D eigenvalue weighted by molar-refractivity contribution is 0.0601. The second-order valence-corrected chi connectivity index (χ2v) is 10.1. The molecule has 0 spiro atoms. The second kappa shape index (κ2) is 9.08. The van der Waals surface area contributed by atoms with Gasteiger partial charge in [-0.3, -0.25) is 4.79 Å². The normalized spacial score (nSPS) is 12.9. The number of aryl methyl sites for hydroxylation is 1.